The van der Waals surface area contributed by atoms with Gasteiger partial charge in [-0.05, 0) is 24.3 Å². The molecule has 2 aromatic carbocycles. The van der Waals surface area contributed by atoms with E-state index in [1.54, 1.807) is 48.5 Å². The van der Waals surface area contributed by atoms with E-state index in [1.807, 2.05) is 12.1 Å². The molecule has 0 radical (unpaired) electrons. The number of aromatic hydroxyl groups is 2. The molecule has 1 aromatic heterocycles. The Balaban J connectivity index is 0.000000145. The molecule has 3 aromatic rings. The third kappa shape index (κ3) is 7.98. The van der Waals surface area contributed by atoms with Gasteiger partial charge >= 0.3 is 0 Å². The predicted molar refractivity (Wildman–Crippen MR) is 72.6 cm³/mol. The van der Waals surface area contributed by atoms with Gasteiger partial charge in [-0.2, -0.15) is 5.10 Å². The van der Waals surface area contributed by atoms with Gasteiger partial charge in [0.2, 0.25) is 0 Å². The van der Waals surface area contributed by atoms with E-state index in [9.17, 15) is 0 Å². The maximum Gasteiger partial charge on any atom is 0.137 e. The topological polar surface area (TPSA) is 82.0 Å². The maximum atomic E-state index is 8.63. The smallest absolute Gasteiger partial charge is 0.137 e. The van der Waals surface area contributed by atoms with Crippen LogP contribution in [0, 0.1) is 0 Å². The Kier molecular flexibility index (Phi) is 6.92. The fourth-order valence-electron chi connectivity index (χ4n) is 1.02. The summed E-state index contributed by atoms with van der Waals surface area (Å²) in [5.41, 5.74) is 0. The van der Waals surface area contributed by atoms with Gasteiger partial charge in [0.05, 0.1) is 0 Å². The number of nitrogens with one attached hydrogen (secondary N) is 1. The Labute approximate surface area is 111 Å². The maximum absolute atomic E-state index is 8.63. The normalized spacial score (nSPS) is 8.42. The van der Waals surface area contributed by atoms with E-state index >= 15 is 0 Å². The lowest BCUT2D eigenvalue weighted by molar-refractivity contribution is 0.475. The first kappa shape index (κ1) is 14.2. The van der Waals surface area contributed by atoms with Crippen LogP contribution in [0.1, 0.15) is 0 Å². The van der Waals surface area contributed by atoms with Crippen LogP contribution in [0.4, 0.5) is 0 Å². The number of rotatable bonds is 0. The van der Waals surface area contributed by atoms with Crippen molar-refractivity contribution in [2.24, 2.45) is 0 Å². The molecule has 0 atom stereocenters. The lowest BCUT2D eigenvalue weighted by Crippen LogP contribution is -1.56. The van der Waals surface area contributed by atoms with Crippen LogP contribution in [0.25, 0.3) is 0 Å². The number of hydrogen-bond acceptors (Lipinski definition) is 4. The van der Waals surface area contributed by atoms with Crippen molar-refractivity contribution in [1.29, 1.82) is 0 Å². The summed E-state index contributed by atoms with van der Waals surface area (Å²) in [7, 11) is 0. The molecular weight excluding hydrogens is 242 g/mol. The molecule has 0 unspecified atom stereocenters. The summed E-state index contributed by atoms with van der Waals surface area (Å²) in [6.07, 6.45) is 2.96. The van der Waals surface area contributed by atoms with Gasteiger partial charge in [-0.15, -0.1) is 0 Å². The minimum absolute atomic E-state index is 0.322. The van der Waals surface area contributed by atoms with Crippen LogP contribution in [0.3, 0.4) is 0 Å². The molecule has 5 heteroatoms. The Bertz CT molecular complexity index is 458. The van der Waals surface area contributed by atoms with Crippen LogP contribution < -0.4 is 0 Å². The van der Waals surface area contributed by atoms with Crippen LogP contribution in [0.15, 0.2) is 73.3 Å². The van der Waals surface area contributed by atoms with Gasteiger partial charge in [-0.3, -0.25) is 5.10 Å². The van der Waals surface area contributed by atoms with Gasteiger partial charge in [-0.1, -0.05) is 36.4 Å². The van der Waals surface area contributed by atoms with E-state index < -0.39 is 0 Å². The second-order valence-corrected chi connectivity index (χ2v) is 3.32. The fourth-order valence-corrected chi connectivity index (χ4v) is 1.02. The van der Waals surface area contributed by atoms with Crippen LogP contribution in [0.2, 0.25) is 0 Å². The second kappa shape index (κ2) is 9.23. The number of hydrogen-bond donors (Lipinski definition) is 3. The zero-order valence-electron chi connectivity index (χ0n) is 10.2. The fraction of sp³-hybridized carbons (Fsp3) is 0. The largest absolute Gasteiger partial charge is 0.508 e. The molecule has 0 saturated carbocycles. The molecule has 0 bridgehead atoms. The summed E-state index contributed by atoms with van der Waals surface area (Å²) in [6.45, 7) is 0. The SMILES string of the molecule is Oc1ccccc1.Oc1ccccc1.c1nc[nH]n1. The van der Waals surface area contributed by atoms with Gasteiger partial charge in [-0.25, -0.2) is 4.98 Å². The number of phenolic OH excluding ortho intramolecular Hbond substituents is 2. The highest BCUT2D eigenvalue weighted by Gasteiger charge is 1.75. The zero-order valence-corrected chi connectivity index (χ0v) is 10.2. The minimum Gasteiger partial charge on any atom is -0.508 e. The molecule has 0 spiro atoms. The van der Waals surface area contributed by atoms with Gasteiger partial charge < -0.3 is 10.2 Å². The van der Waals surface area contributed by atoms with E-state index in [2.05, 4.69) is 15.2 Å². The summed E-state index contributed by atoms with van der Waals surface area (Å²) in [4.78, 5) is 3.56. The van der Waals surface area contributed by atoms with E-state index in [0.717, 1.165) is 0 Å². The summed E-state index contributed by atoms with van der Waals surface area (Å²) in [6, 6.07) is 17.4. The number of nitrogens with zero attached hydrogens (tertiary/aromatic N) is 2. The van der Waals surface area contributed by atoms with Gasteiger partial charge in [0.15, 0.2) is 0 Å². The average Bonchev–Trinajstić information content (AvgIpc) is 3.00. The first-order chi connectivity index (χ1) is 9.29. The molecule has 0 saturated heterocycles. The Morgan fingerprint density at radius 3 is 1.37 bits per heavy atom. The van der Waals surface area contributed by atoms with Crippen molar-refractivity contribution in [3.05, 3.63) is 73.3 Å². The predicted octanol–water partition coefficient (Wildman–Crippen LogP) is 2.59. The lowest BCUT2D eigenvalue weighted by Gasteiger charge is -1.82. The molecule has 5 nitrogen and oxygen atoms in total. The highest BCUT2D eigenvalue weighted by Crippen LogP contribution is 2.03. The van der Waals surface area contributed by atoms with Crippen LogP contribution >= 0.6 is 0 Å². The van der Waals surface area contributed by atoms with Gasteiger partial charge in [0, 0.05) is 0 Å². The summed E-state index contributed by atoms with van der Waals surface area (Å²) < 4.78 is 0. The number of H-pyrrole nitrogens is 1. The molecule has 0 aliphatic carbocycles. The highest BCUT2D eigenvalue weighted by molar-refractivity contribution is 5.19. The lowest BCUT2D eigenvalue weighted by atomic mass is 10.3. The van der Waals surface area contributed by atoms with Crippen molar-refractivity contribution in [3.63, 3.8) is 0 Å². The molecule has 0 amide bonds. The molecular formula is C14H15N3O2. The number of aromatic amines is 1. The van der Waals surface area contributed by atoms with Crippen LogP contribution in [-0.4, -0.2) is 25.4 Å². The summed E-state index contributed by atoms with van der Waals surface area (Å²) in [5.74, 6) is 0.644. The number of phenols is 2. The van der Waals surface area contributed by atoms with Crippen molar-refractivity contribution in [3.8, 4) is 11.5 Å². The van der Waals surface area contributed by atoms with Crippen molar-refractivity contribution in [1.82, 2.24) is 15.2 Å². The van der Waals surface area contributed by atoms with Crippen molar-refractivity contribution in [2.75, 3.05) is 0 Å². The number of aromatic nitrogens is 3. The highest BCUT2D eigenvalue weighted by atomic mass is 16.3. The Morgan fingerprint density at radius 2 is 1.21 bits per heavy atom. The molecule has 19 heavy (non-hydrogen) atoms. The van der Waals surface area contributed by atoms with Crippen LogP contribution in [-0.2, 0) is 0 Å². The molecule has 1 heterocycles. The molecule has 3 N–H and O–H groups in total. The molecule has 0 aliphatic rings. The first-order valence-electron chi connectivity index (χ1n) is 5.56. The van der Waals surface area contributed by atoms with E-state index in [4.69, 9.17) is 10.2 Å². The molecule has 0 aliphatic heterocycles. The van der Waals surface area contributed by atoms with E-state index in [0.29, 0.717) is 11.5 Å². The standard InChI is InChI=1S/2C6H6O.C2H3N3/c2*7-6-4-2-1-3-5-6;1-3-2-5-4-1/h2*1-5,7H;1-2H,(H,3,4,5). The summed E-state index contributed by atoms with van der Waals surface area (Å²) in [5, 5.41) is 23.3. The number of para-hydroxylation sites is 2. The van der Waals surface area contributed by atoms with Crippen molar-refractivity contribution in [2.45, 2.75) is 0 Å². The molecule has 3 rings (SSSR count). The minimum atomic E-state index is 0.322. The zero-order chi connectivity index (χ0) is 13.8. The van der Waals surface area contributed by atoms with Crippen molar-refractivity contribution < 1.29 is 10.2 Å². The first-order valence-corrected chi connectivity index (χ1v) is 5.56. The number of benzene rings is 2. The average molecular weight is 257 g/mol. The molecule has 0 fully saturated rings. The molecule has 98 valence electrons. The quantitative estimate of drug-likeness (QED) is 0.578. The van der Waals surface area contributed by atoms with E-state index in [-0.39, 0.29) is 0 Å². The van der Waals surface area contributed by atoms with Gasteiger partial charge in [0.1, 0.15) is 24.2 Å². The third-order valence-electron chi connectivity index (χ3n) is 1.84. The van der Waals surface area contributed by atoms with Crippen LogP contribution in [0.5, 0.6) is 11.5 Å². The van der Waals surface area contributed by atoms with Crippen molar-refractivity contribution >= 4 is 0 Å². The Hall–Kier alpha value is -2.82. The second-order valence-electron chi connectivity index (χ2n) is 3.32. The summed E-state index contributed by atoms with van der Waals surface area (Å²) >= 11 is 0. The van der Waals surface area contributed by atoms with E-state index in [1.165, 1.54) is 12.7 Å². The van der Waals surface area contributed by atoms with Gasteiger partial charge in [0.25, 0.3) is 0 Å². The monoisotopic (exact) mass is 257 g/mol. The third-order valence-corrected chi connectivity index (χ3v) is 1.84. The Morgan fingerprint density at radius 1 is 0.737 bits per heavy atom.